The first-order valence-electron chi connectivity index (χ1n) is 7.22. The molecular weight excluding hydrogens is 318 g/mol. The van der Waals surface area contributed by atoms with Gasteiger partial charge in [-0.05, 0) is 30.2 Å². The molecule has 124 valence electrons. The molecule has 0 aromatic heterocycles. The molecule has 0 aliphatic rings. The molecule has 7 heteroatoms. The maximum atomic E-state index is 12.6. The first-order valence-corrected chi connectivity index (χ1v) is 11.7. The second-order valence-electron chi connectivity index (χ2n) is 6.73. The molecule has 0 radical (unpaired) electrons. The van der Waals surface area contributed by atoms with Gasteiger partial charge in [0.1, 0.15) is 8.24 Å². The molecule has 0 heterocycles. The highest BCUT2D eigenvalue weighted by molar-refractivity contribution is 7.91. The lowest BCUT2D eigenvalue weighted by molar-refractivity contribution is 0.0526. The number of carbonyl (C=O) groups excluding carboxylic acids is 1. The van der Waals surface area contributed by atoms with Gasteiger partial charge in [-0.2, -0.15) is 0 Å². The van der Waals surface area contributed by atoms with Gasteiger partial charge in [-0.25, -0.2) is 17.6 Å². The molecule has 1 aromatic rings. The first-order chi connectivity index (χ1) is 9.90. The molecule has 0 amide bonds. The van der Waals surface area contributed by atoms with Crippen LogP contribution >= 0.6 is 0 Å². The van der Waals surface area contributed by atoms with Gasteiger partial charge in [0.05, 0.1) is 17.1 Å². The van der Waals surface area contributed by atoms with Crippen LogP contribution in [0.15, 0.2) is 29.2 Å². The quantitative estimate of drug-likeness (QED) is 0.658. The van der Waals surface area contributed by atoms with E-state index in [0.29, 0.717) is 0 Å². The Morgan fingerprint density at radius 3 is 2.36 bits per heavy atom. The number of benzene rings is 1. The topological polar surface area (TPSA) is 72.5 Å². The van der Waals surface area contributed by atoms with E-state index in [0.717, 1.165) is 0 Å². The summed E-state index contributed by atoms with van der Waals surface area (Å²) in [7, 11) is -5.91. The van der Waals surface area contributed by atoms with Crippen LogP contribution in [-0.4, -0.2) is 29.2 Å². The molecule has 0 saturated heterocycles. The van der Waals surface area contributed by atoms with Gasteiger partial charge >= 0.3 is 5.97 Å². The second-order valence-corrected chi connectivity index (χ2v) is 13.8. The van der Waals surface area contributed by atoms with Crippen LogP contribution < -0.4 is 4.39 Å². The number of ether oxygens (including phenoxy) is 1. The third kappa shape index (κ3) is 4.41. The summed E-state index contributed by atoms with van der Waals surface area (Å²) < 4.78 is 32.9. The van der Waals surface area contributed by atoms with E-state index in [1.165, 1.54) is 12.1 Å². The van der Waals surface area contributed by atoms with Gasteiger partial charge in [0.15, 0.2) is 0 Å². The molecule has 1 aromatic carbocycles. The van der Waals surface area contributed by atoms with Crippen LogP contribution in [0.25, 0.3) is 0 Å². The number of esters is 1. The summed E-state index contributed by atoms with van der Waals surface area (Å²) in [6.45, 7) is 12.0. The summed E-state index contributed by atoms with van der Waals surface area (Å²) in [6.07, 6.45) is 0. The third-order valence-electron chi connectivity index (χ3n) is 3.92. The molecule has 0 saturated carbocycles. The fourth-order valence-corrected chi connectivity index (χ4v) is 6.48. The first kappa shape index (κ1) is 18.9. The van der Waals surface area contributed by atoms with E-state index in [1.807, 2.05) is 33.9 Å². The summed E-state index contributed by atoms with van der Waals surface area (Å²) in [6, 6.07) is 5.93. The number of rotatable bonds is 5. The highest BCUT2D eigenvalue weighted by Crippen LogP contribution is 2.34. The molecule has 22 heavy (non-hydrogen) atoms. The van der Waals surface area contributed by atoms with Crippen molar-refractivity contribution in [1.29, 1.82) is 0 Å². The summed E-state index contributed by atoms with van der Waals surface area (Å²) in [4.78, 5) is 11.8. The Bertz CT molecular complexity index is 648. The van der Waals surface area contributed by atoms with Crippen LogP contribution in [0, 0.1) is 0 Å². The van der Waals surface area contributed by atoms with Crippen molar-refractivity contribution in [3.05, 3.63) is 29.8 Å². The third-order valence-corrected chi connectivity index (χ3v) is 11.7. The maximum absolute atomic E-state index is 12.6. The van der Waals surface area contributed by atoms with E-state index >= 15 is 0 Å². The van der Waals surface area contributed by atoms with Crippen molar-refractivity contribution in [1.82, 2.24) is 4.39 Å². The lowest BCUT2D eigenvalue weighted by Crippen LogP contribution is -2.54. The Kier molecular flexibility index (Phi) is 5.59. The molecule has 1 rings (SSSR count). The standard InChI is InChI=1S/C15H25NO4SSi/c1-7-20-14(17)12-9-8-10-13(11-12)21(18,19)16-22(5,6)15(2,3)4/h8-11,16H,7H2,1-6H3. The predicted molar refractivity (Wildman–Crippen MR) is 89.9 cm³/mol. The smallest absolute Gasteiger partial charge is 0.338 e. The van der Waals surface area contributed by atoms with Gasteiger partial charge in [0, 0.05) is 0 Å². The van der Waals surface area contributed by atoms with E-state index in [9.17, 15) is 13.2 Å². The Labute approximate surface area is 134 Å². The van der Waals surface area contributed by atoms with E-state index in [4.69, 9.17) is 4.74 Å². The maximum Gasteiger partial charge on any atom is 0.338 e. The van der Waals surface area contributed by atoms with Crippen LogP contribution in [0.3, 0.4) is 0 Å². The molecule has 0 aliphatic carbocycles. The van der Waals surface area contributed by atoms with Crippen molar-refractivity contribution in [2.45, 2.75) is 50.7 Å². The Morgan fingerprint density at radius 2 is 1.86 bits per heavy atom. The molecule has 0 atom stereocenters. The highest BCUT2D eigenvalue weighted by atomic mass is 32.2. The van der Waals surface area contributed by atoms with Crippen LogP contribution in [-0.2, 0) is 14.8 Å². The monoisotopic (exact) mass is 343 g/mol. The van der Waals surface area contributed by atoms with E-state index in [1.54, 1.807) is 19.1 Å². The van der Waals surface area contributed by atoms with E-state index in [-0.39, 0.29) is 22.1 Å². The SMILES string of the molecule is CCOC(=O)c1cccc(S(=O)(=O)N[Si](C)(C)C(C)(C)C)c1. The second kappa shape index (κ2) is 6.52. The molecule has 0 unspecified atom stereocenters. The molecule has 0 spiro atoms. The lowest BCUT2D eigenvalue weighted by Gasteiger charge is -2.36. The highest BCUT2D eigenvalue weighted by Gasteiger charge is 2.39. The van der Waals surface area contributed by atoms with Crippen molar-refractivity contribution < 1.29 is 17.9 Å². The predicted octanol–water partition coefficient (Wildman–Crippen LogP) is 3.15. The summed E-state index contributed by atoms with van der Waals surface area (Å²) >= 11 is 0. The van der Waals surface area contributed by atoms with E-state index < -0.39 is 24.2 Å². The number of nitrogens with one attached hydrogen (secondary N) is 1. The number of hydrogen-bond acceptors (Lipinski definition) is 4. The van der Waals surface area contributed by atoms with Crippen molar-refractivity contribution in [3.63, 3.8) is 0 Å². The summed E-state index contributed by atoms with van der Waals surface area (Å²) in [5.74, 6) is -0.521. The molecular formula is C15H25NO4SSi. The Morgan fingerprint density at radius 1 is 1.27 bits per heavy atom. The fraction of sp³-hybridized carbons (Fsp3) is 0.533. The zero-order valence-electron chi connectivity index (χ0n) is 14.1. The van der Waals surface area contributed by atoms with Gasteiger partial charge in [0.2, 0.25) is 10.0 Å². The molecule has 0 bridgehead atoms. The molecule has 1 N–H and O–H groups in total. The van der Waals surface area contributed by atoms with Crippen LogP contribution in [0.2, 0.25) is 18.1 Å². The van der Waals surface area contributed by atoms with Gasteiger partial charge in [-0.15, -0.1) is 0 Å². The minimum Gasteiger partial charge on any atom is -0.462 e. The largest absolute Gasteiger partial charge is 0.462 e. The summed E-state index contributed by atoms with van der Waals surface area (Å²) in [5.41, 5.74) is 0.236. The summed E-state index contributed by atoms with van der Waals surface area (Å²) in [5, 5.41) is -0.126. The van der Waals surface area contributed by atoms with Crippen LogP contribution in [0.5, 0.6) is 0 Å². The lowest BCUT2D eigenvalue weighted by atomic mass is 10.2. The molecule has 0 fully saturated rings. The fourth-order valence-electron chi connectivity index (χ4n) is 1.55. The van der Waals surface area contributed by atoms with Crippen LogP contribution in [0.4, 0.5) is 0 Å². The van der Waals surface area contributed by atoms with Crippen molar-refractivity contribution in [3.8, 4) is 0 Å². The average Bonchev–Trinajstić information content (AvgIpc) is 2.36. The van der Waals surface area contributed by atoms with Gasteiger partial charge < -0.3 is 4.74 Å². The zero-order valence-corrected chi connectivity index (χ0v) is 15.9. The van der Waals surface area contributed by atoms with Gasteiger partial charge in [-0.1, -0.05) is 39.9 Å². The van der Waals surface area contributed by atoms with Crippen LogP contribution in [0.1, 0.15) is 38.1 Å². The normalized spacial score (nSPS) is 13.0. The minimum atomic E-state index is -3.67. The van der Waals surface area contributed by atoms with Crippen molar-refractivity contribution >= 4 is 24.2 Å². The number of sulfonamides is 1. The Balaban J connectivity index is 3.14. The number of carbonyl (C=O) groups is 1. The minimum absolute atomic E-state index is 0.0860. The van der Waals surface area contributed by atoms with Gasteiger partial charge in [-0.3, -0.25) is 0 Å². The molecule has 5 nitrogen and oxygen atoms in total. The van der Waals surface area contributed by atoms with Crippen molar-refractivity contribution in [2.75, 3.05) is 6.61 Å². The van der Waals surface area contributed by atoms with Gasteiger partial charge in [0.25, 0.3) is 0 Å². The van der Waals surface area contributed by atoms with Crippen molar-refractivity contribution in [2.24, 2.45) is 0 Å². The Hall–Kier alpha value is -1.18. The average molecular weight is 344 g/mol. The number of hydrogen-bond donors (Lipinski definition) is 1. The molecule has 0 aliphatic heterocycles. The zero-order chi connectivity index (χ0) is 17.2. The van der Waals surface area contributed by atoms with E-state index in [2.05, 4.69) is 4.39 Å².